The van der Waals surface area contributed by atoms with Gasteiger partial charge in [-0.25, -0.2) is 0 Å². The normalized spacial score (nSPS) is 12.0. The highest BCUT2D eigenvalue weighted by molar-refractivity contribution is 5.71. The zero-order chi connectivity index (χ0) is 18.4. The Morgan fingerprint density at radius 3 is 2.28 bits per heavy atom. The summed E-state index contributed by atoms with van der Waals surface area (Å²) in [7, 11) is 5.15. The van der Waals surface area contributed by atoms with E-state index in [1.807, 2.05) is 54.4 Å². The Bertz CT molecular complexity index is 715. The van der Waals surface area contributed by atoms with Crippen LogP contribution in [0.3, 0.4) is 0 Å². The van der Waals surface area contributed by atoms with Gasteiger partial charge in [-0.1, -0.05) is 37.3 Å². The van der Waals surface area contributed by atoms with Crippen LogP contribution in [-0.2, 0) is 11.3 Å². The van der Waals surface area contributed by atoms with Crippen LogP contribution < -0.4 is 9.47 Å². The number of carboxylic acid groups (broad SMARTS) is 1. The molecule has 0 heterocycles. The molecule has 0 bridgehead atoms. The second-order valence-corrected chi connectivity index (χ2v) is 6.17. The number of carboxylic acids is 1. The van der Waals surface area contributed by atoms with E-state index in [1.165, 1.54) is 0 Å². The van der Waals surface area contributed by atoms with Gasteiger partial charge in [0, 0.05) is 13.1 Å². The zero-order valence-electron chi connectivity index (χ0n) is 15.2. The second kappa shape index (κ2) is 8.53. The Morgan fingerprint density at radius 1 is 1.12 bits per heavy atom. The van der Waals surface area contributed by atoms with Crippen molar-refractivity contribution in [1.82, 2.24) is 4.90 Å². The summed E-state index contributed by atoms with van der Waals surface area (Å²) >= 11 is 0. The first-order valence-corrected chi connectivity index (χ1v) is 8.18. The molecule has 0 aliphatic rings. The Kier molecular flexibility index (Phi) is 6.42. The summed E-state index contributed by atoms with van der Waals surface area (Å²) in [6.07, 6.45) is 0. The van der Waals surface area contributed by atoms with Crippen molar-refractivity contribution in [3.8, 4) is 22.6 Å². The molecule has 0 radical (unpaired) electrons. The molecule has 134 valence electrons. The van der Waals surface area contributed by atoms with Crippen molar-refractivity contribution in [3.63, 3.8) is 0 Å². The molecule has 1 atom stereocenters. The van der Waals surface area contributed by atoms with E-state index in [0.717, 1.165) is 16.7 Å². The average molecular weight is 343 g/mol. The van der Waals surface area contributed by atoms with Gasteiger partial charge in [0.2, 0.25) is 0 Å². The maximum atomic E-state index is 11.1. The van der Waals surface area contributed by atoms with Crippen LogP contribution in [0.5, 0.6) is 11.5 Å². The fourth-order valence-corrected chi connectivity index (χ4v) is 2.84. The zero-order valence-corrected chi connectivity index (χ0v) is 15.2. The molecule has 0 fully saturated rings. The lowest BCUT2D eigenvalue weighted by Gasteiger charge is -2.22. The topological polar surface area (TPSA) is 59.0 Å². The number of aliphatic carboxylic acids is 1. The van der Waals surface area contributed by atoms with E-state index in [0.29, 0.717) is 24.6 Å². The average Bonchev–Trinajstić information content (AvgIpc) is 2.61. The third kappa shape index (κ3) is 4.73. The highest BCUT2D eigenvalue weighted by atomic mass is 16.5. The molecule has 5 heteroatoms. The summed E-state index contributed by atoms with van der Waals surface area (Å²) in [5.74, 6) is 0.122. The van der Waals surface area contributed by atoms with Gasteiger partial charge in [-0.2, -0.15) is 0 Å². The molecule has 2 aromatic carbocycles. The van der Waals surface area contributed by atoms with Crippen LogP contribution in [0, 0.1) is 5.92 Å². The van der Waals surface area contributed by atoms with Crippen molar-refractivity contribution in [3.05, 3.63) is 48.0 Å². The maximum Gasteiger partial charge on any atom is 0.307 e. The fourth-order valence-electron chi connectivity index (χ4n) is 2.84. The number of nitrogens with zero attached hydrogens (tertiary/aromatic N) is 1. The summed E-state index contributed by atoms with van der Waals surface area (Å²) in [6.45, 7) is 2.80. The summed E-state index contributed by atoms with van der Waals surface area (Å²) in [6, 6.07) is 14.0. The van der Waals surface area contributed by atoms with Gasteiger partial charge >= 0.3 is 5.97 Å². The maximum absolute atomic E-state index is 11.1. The third-order valence-corrected chi connectivity index (χ3v) is 4.14. The van der Waals surface area contributed by atoms with Gasteiger partial charge in [0.05, 0.1) is 20.1 Å². The lowest BCUT2D eigenvalue weighted by Crippen LogP contribution is -2.28. The van der Waals surface area contributed by atoms with Crippen molar-refractivity contribution in [1.29, 1.82) is 0 Å². The number of ether oxygens (including phenoxy) is 2. The van der Waals surface area contributed by atoms with Crippen molar-refractivity contribution in [2.75, 3.05) is 27.8 Å². The Morgan fingerprint density at radius 2 is 1.72 bits per heavy atom. The first-order chi connectivity index (χ1) is 12.0. The molecule has 1 N–H and O–H groups in total. The molecule has 1 unspecified atom stereocenters. The van der Waals surface area contributed by atoms with E-state index in [2.05, 4.69) is 0 Å². The van der Waals surface area contributed by atoms with Crippen molar-refractivity contribution < 1.29 is 19.4 Å². The molecule has 0 aliphatic heterocycles. The van der Waals surface area contributed by atoms with Gasteiger partial charge in [0.1, 0.15) is 0 Å². The molecular formula is C20H25NO4. The summed E-state index contributed by atoms with van der Waals surface area (Å²) in [5, 5.41) is 9.12. The van der Waals surface area contributed by atoms with Crippen LogP contribution in [0.15, 0.2) is 42.5 Å². The molecule has 5 nitrogen and oxygen atoms in total. The Hall–Kier alpha value is -2.53. The first-order valence-electron chi connectivity index (χ1n) is 8.18. The molecule has 0 saturated carbocycles. The van der Waals surface area contributed by atoms with E-state index < -0.39 is 11.9 Å². The van der Waals surface area contributed by atoms with Gasteiger partial charge < -0.3 is 19.5 Å². The summed E-state index contributed by atoms with van der Waals surface area (Å²) in [5.41, 5.74) is 3.19. The first kappa shape index (κ1) is 18.8. The molecule has 0 aliphatic carbocycles. The SMILES string of the molecule is COc1cc(CN(C)CC(C)C(=O)O)c(-c2ccccc2)cc1OC. The van der Waals surface area contributed by atoms with Crippen molar-refractivity contribution >= 4 is 5.97 Å². The van der Waals surface area contributed by atoms with Gasteiger partial charge in [-0.15, -0.1) is 0 Å². The lowest BCUT2D eigenvalue weighted by molar-refractivity contribution is -0.141. The van der Waals surface area contributed by atoms with E-state index >= 15 is 0 Å². The molecule has 0 aromatic heterocycles. The van der Waals surface area contributed by atoms with E-state index in [4.69, 9.17) is 14.6 Å². The van der Waals surface area contributed by atoms with Crippen LogP contribution >= 0.6 is 0 Å². The predicted molar refractivity (Wildman–Crippen MR) is 98.1 cm³/mol. The molecule has 2 aromatic rings. The van der Waals surface area contributed by atoms with E-state index in [-0.39, 0.29) is 0 Å². The molecule has 0 spiro atoms. The minimum atomic E-state index is -0.789. The summed E-state index contributed by atoms with van der Waals surface area (Å²) in [4.78, 5) is 13.1. The Balaban J connectivity index is 2.39. The smallest absolute Gasteiger partial charge is 0.307 e. The van der Waals surface area contributed by atoms with Crippen LogP contribution in [-0.4, -0.2) is 43.8 Å². The predicted octanol–water partition coefficient (Wildman–Crippen LogP) is 3.52. The van der Waals surface area contributed by atoms with E-state index in [1.54, 1.807) is 21.1 Å². The molecule has 2 rings (SSSR count). The monoisotopic (exact) mass is 343 g/mol. The number of hydrogen-bond acceptors (Lipinski definition) is 4. The number of benzene rings is 2. The number of hydrogen-bond donors (Lipinski definition) is 1. The van der Waals surface area contributed by atoms with Gasteiger partial charge in [-0.3, -0.25) is 4.79 Å². The highest BCUT2D eigenvalue weighted by Gasteiger charge is 2.17. The second-order valence-electron chi connectivity index (χ2n) is 6.17. The molecule has 0 saturated heterocycles. The van der Waals surface area contributed by atoms with Crippen LogP contribution in [0.4, 0.5) is 0 Å². The number of methoxy groups -OCH3 is 2. The fraction of sp³-hybridized carbons (Fsp3) is 0.350. The van der Waals surface area contributed by atoms with E-state index in [9.17, 15) is 4.79 Å². The third-order valence-electron chi connectivity index (χ3n) is 4.14. The van der Waals surface area contributed by atoms with Crippen molar-refractivity contribution in [2.45, 2.75) is 13.5 Å². The van der Waals surface area contributed by atoms with Gasteiger partial charge in [-0.05, 0) is 35.9 Å². The standard InChI is InChI=1S/C20H25NO4/c1-14(20(22)23)12-21(2)13-16-10-18(24-3)19(25-4)11-17(16)15-8-6-5-7-9-15/h5-11,14H,12-13H2,1-4H3,(H,22,23). The van der Waals surface area contributed by atoms with Crippen LogP contribution in [0.25, 0.3) is 11.1 Å². The largest absolute Gasteiger partial charge is 0.493 e. The minimum Gasteiger partial charge on any atom is -0.493 e. The van der Waals surface area contributed by atoms with Crippen molar-refractivity contribution in [2.24, 2.45) is 5.92 Å². The van der Waals surface area contributed by atoms with Crippen LogP contribution in [0.2, 0.25) is 0 Å². The molecule has 25 heavy (non-hydrogen) atoms. The minimum absolute atomic E-state index is 0.426. The summed E-state index contributed by atoms with van der Waals surface area (Å²) < 4.78 is 10.9. The number of carbonyl (C=O) groups is 1. The van der Waals surface area contributed by atoms with Gasteiger partial charge in [0.15, 0.2) is 11.5 Å². The highest BCUT2D eigenvalue weighted by Crippen LogP contribution is 2.36. The van der Waals surface area contributed by atoms with Crippen LogP contribution in [0.1, 0.15) is 12.5 Å². The lowest BCUT2D eigenvalue weighted by atomic mass is 9.98. The Labute approximate surface area is 148 Å². The molecular weight excluding hydrogens is 318 g/mol. The quantitative estimate of drug-likeness (QED) is 0.795. The van der Waals surface area contributed by atoms with Gasteiger partial charge in [0.25, 0.3) is 0 Å². The number of rotatable bonds is 8. The molecule has 0 amide bonds.